The summed E-state index contributed by atoms with van der Waals surface area (Å²) in [6.45, 7) is 11.3. The van der Waals surface area contributed by atoms with Crippen molar-refractivity contribution in [1.82, 2.24) is 4.90 Å². The van der Waals surface area contributed by atoms with Crippen molar-refractivity contribution in [2.75, 3.05) is 19.6 Å². The van der Waals surface area contributed by atoms with Crippen molar-refractivity contribution in [3.8, 4) is 0 Å². The second-order valence-electron chi connectivity index (χ2n) is 6.38. The van der Waals surface area contributed by atoms with Gasteiger partial charge in [-0.3, -0.25) is 4.99 Å². The number of thioether (sulfide) groups is 1. The number of aliphatic imine (C=N–C) groups is 1. The third kappa shape index (κ3) is 4.15. The molecule has 2 aliphatic rings. The summed E-state index contributed by atoms with van der Waals surface area (Å²) in [5.74, 6) is 0.972. The van der Waals surface area contributed by atoms with E-state index in [2.05, 4.69) is 29.3 Å². The lowest BCUT2D eigenvalue weighted by Crippen LogP contribution is -2.38. The van der Waals surface area contributed by atoms with Crippen molar-refractivity contribution in [3.63, 3.8) is 0 Å². The molecule has 0 aromatic heterocycles. The Kier molecular flexibility index (Phi) is 5.27. The maximum Gasteiger partial charge on any atom is 0.0548 e. The number of benzene rings is 1. The van der Waals surface area contributed by atoms with Crippen LogP contribution in [0.15, 0.2) is 22.0 Å². The maximum atomic E-state index is 6.44. The van der Waals surface area contributed by atoms with Crippen molar-refractivity contribution >= 4 is 42.9 Å². The zero-order valence-electron chi connectivity index (χ0n) is 12.9. The quantitative estimate of drug-likeness (QED) is 0.769. The molecule has 1 aliphatic heterocycles. The van der Waals surface area contributed by atoms with E-state index in [1.165, 1.54) is 45.3 Å². The molecule has 118 valence electrons. The molecule has 2 nitrogen and oxygen atoms in total. The van der Waals surface area contributed by atoms with E-state index < -0.39 is 0 Å². The largest absolute Gasteiger partial charge is 0.302 e. The molecule has 0 radical (unpaired) electrons. The molecule has 1 unspecified atom stereocenters. The van der Waals surface area contributed by atoms with Gasteiger partial charge in [0, 0.05) is 34.7 Å². The standard InChI is InChI=1S/C18H23ClN2S/c1-13-8-18(17(19)9-15(13)10-20-2)22-16-4-3-7-21(12-16)11-14-5-6-14/h8-10,14,16H,1-7,11-12H2/b15-10-. The SMILES string of the molecule is C=N/C=c1/cc(Cl)c(SC2CCCN(CC3CC3)C2)cc1=C. The normalized spacial score (nSPS) is 23.7. The highest BCUT2D eigenvalue weighted by Gasteiger charge is 2.28. The third-order valence-electron chi connectivity index (χ3n) is 4.39. The molecular weight excluding hydrogens is 312 g/mol. The van der Waals surface area contributed by atoms with E-state index in [9.17, 15) is 0 Å². The lowest BCUT2D eigenvalue weighted by Gasteiger charge is -2.32. The van der Waals surface area contributed by atoms with Crippen LogP contribution in [0, 0.1) is 5.92 Å². The smallest absolute Gasteiger partial charge is 0.0548 e. The highest BCUT2D eigenvalue weighted by molar-refractivity contribution is 8.00. The molecule has 1 aromatic carbocycles. The summed E-state index contributed by atoms with van der Waals surface area (Å²) in [4.78, 5) is 7.59. The molecule has 0 amide bonds. The van der Waals surface area contributed by atoms with Crippen molar-refractivity contribution < 1.29 is 0 Å². The van der Waals surface area contributed by atoms with Crippen molar-refractivity contribution in [2.45, 2.75) is 35.8 Å². The van der Waals surface area contributed by atoms with Gasteiger partial charge < -0.3 is 4.90 Å². The monoisotopic (exact) mass is 334 g/mol. The number of hydrogen-bond acceptors (Lipinski definition) is 3. The molecule has 0 bridgehead atoms. The molecule has 1 saturated carbocycles. The topological polar surface area (TPSA) is 15.6 Å². The first kappa shape index (κ1) is 16.1. The van der Waals surface area contributed by atoms with Crippen LogP contribution in [0.3, 0.4) is 0 Å². The van der Waals surface area contributed by atoms with Crippen molar-refractivity contribution in [3.05, 3.63) is 27.6 Å². The van der Waals surface area contributed by atoms with E-state index in [0.717, 1.165) is 26.3 Å². The lowest BCUT2D eigenvalue weighted by molar-refractivity contribution is 0.225. The van der Waals surface area contributed by atoms with E-state index in [0.29, 0.717) is 5.25 Å². The number of nitrogens with zero attached hydrogens (tertiary/aromatic N) is 2. The summed E-state index contributed by atoms with van der Waals surface area (Å²) in [6.07, 6.45) is 7.14. The number of hydrogen-bond donors (Lipinski definition) is 0. The van der Waals surface area contributed by atoms with Crippen LogP contribution in [0.5, 0.6) is 0 Å². The Balaban J connectivity index is 1.69. The Morgan fingerprint density at radius 2 is 2.18 bits per heavy atom. The van der Waals surface area contributed by atoms with Gasteiger partial charge in [-0.2, -0.15) is 0 Å². The van der Waals surface area contributed by atoms with E-state index in [4.69, 9.17) is 11.6 Å². The molecule has 2 fully saturated rings. The van der Waals surface area contributed by atoms with Crippen LogP contribution in [0.2, 0.25) is 5.02 Å². The van der Waals surface area contributed by atoms with Crippen LogP contribution >= 0.6 is 23.4 Å². The van der Waals surface area contributed by atoms with Crippen LogP contribution in [-0.2, 0) is 0 Å². The lowest BCUT2D eigenvalue weighted by atomic mass is 10.1. The fraction of sp³-hybridized carbons (Fsp3) is 0.500. The summed E-state index contributed by atoms with van der Waals surface area (Å²) in [6, 6.07) is 4.04. The Morgan fingerprint density at radius 3 is 2.91 bits per heavy atom. The number of likely N-dealkylation sites (tertiary alicyclic amines) is 1. The molecule has 1 aliphatic carbocycles. The average molecular weight is 335 g/mol. The summed E-state index contributed by atoms with van der Waals surface area (Å²) in [5, 5.41) is 3.34. The first-order valence-corrected chi connectivity index (χ1v) is 9.25. The molecule has 1 saturated heterocycles. The molecule has 22 heavy (non-hydrogen) atoms. The van der Waals surface area contributed by atoms with Crippen LogP contribution in [-0.4, -0.2) is 36.5 Å². The van der Waals surface area contributed by atoms with Crippen LogP contribution < -0.4 is 10.4 Å². The number of piperidine rings is 1. The van der Waals surface area contributed by atoms with Gasteiger partial charge in [-0.15, -0.1) is 11.8 Å². The van der Waals surface area contributed by atoms with E-state index in [1.807, 2.05) is 17.8 Å². The minimum Gasteiger partial charge on any atom is -0.302 e. The summed E-state index contributed by atoms with van der Waals surface area (Å²) >= 11 is 8.35. The summed E-state index contributed by atoms with van der Waals surface area (Å²) < 4.78 is 0. The van der Waals surface area contributed by atoms with Crippen LogP contribution in [0.4, 0.5) is 0 Å². The van der Waals surface area contributed by atoms with Gasteiger partial charge >= 0.3 is 0 Å². The molecular formula is C18H23ClN2S. The number of halogens is 1. The molecule has 1 aromatic rings. The van der Waals surface area contributed by atoms with E-state index in [1.54, 1.807) is 6.20 Å². The van der Waals surface area contributed by atoms with Crippen molar-refractivity contribution in [2.24, 2.45) is 10.9 Å². The average Bonchev–Trinajstić information content (AvgIpc) is 3.29. The van der Waals surface area contributed by atoms with Gasteiger partial charge in [0.1, 0.15) is 0 Å². The molecule has 4 heteroatoms. The van der Waals surface area contributed by atoms with Crippen molar-refractivity contribution in [1.29, 1.82) is 0 Å². The Bertz CT molecular complexity index is 654. The molecule has 3 rings (SSSR count). The summed E-state index contributed by atoms with van der Waals surface area (Å²) in [7, 11) is 0. The Labute approximate surface area is 142 Å². The molecule has 1 atom stereocenters. The molecule has 0 N–H and O–H groups in total. The summed E-state index contributed by atoms with van der Waals surface area (Å²) in [5.41, 5.74) is 0. The second kappa shape index (κ2) is 7.20. The first-order valence-electron chi connectivity index (χ1n) is 7.99. The Morgan fingerprint density at radius 1 is 1.36 bits per heavy atom. The van der Waals surface area contributed by atoms with Crippen LogP contribution in [0.25, 0.3) is 12.8 Å². The predicted octanol–water partition coefficient (Wildman–Crippen LogP) is 3.16. The van der Waals surface area contributed by atoms with Gasteiger partial charge in [0.25, 0.3) is 0 Å². The number of rotatable bonds is 5. The minimum atomic E-state index is 0.636. The highest BCUT2D eigenvalue weighted by atomic mass is 35.5. The van der Waals surface area contributed by atoms with Gasteiger partial charge in [-0.05, 0) is 62.2 Å². The second-order valence-corrected chi connectivity index (χ2v) is 8.13. The third-order valence-corrected chi connectivity index (χ3v) is 6.13. The fourth-order valence-corrected chi connectivity index (χ4v) is 4.66. The maximum absolute atomic E-state index is 6.44. The highest BCUT2D eigenvalue weighted by Crippen LogP contribution is 2.35. The predicted molar refractivity (Wildman–Crippen MR) is 98.3 cm³/mol. The Hall–Kier alpha value is -0.770. The molecule has 1 heterocycles. The van der Waals surface area contributed by atoms with Gasteiger partial charge in [-0.1, -0.05) is 18.2 Å². The minimum absolute atomic E-state index is 0.636. The van der Waals surface area contributed by atoms with Gasteiger partial charge in [-0.25, -0.2) is 0 Å². The van der Waals surface area contributed by atoms with Gasteiger partial charge in [0.2, 0.25) is 0 Å². The van der Waals surface area contributed by atoms with E-state index >= 15 is 0 Å². The van der Waals surface area contributed by atoms with Gasteiger partial charge in [0.05, 0.1) is 5.02 Å². The van der Waals surface area contributed by atoms with Gasteiger partial charge in [0.15, 0.2) is 0 Å². The zero-order valence-corrected chi connectivity index (χ0v) is 14.5. The first-order chi connectivity index (χ1) is 10.7. The van der Waals surface area contributed by atoms with E-state index in [-0.39, 0.29) is 0 Å². The van der Waals surface area contributed by atoms with Crippen LogP contribution in [0.1, 0.15) is 25.7 Å². The fourth-order valence-electron chi connectivity index (χ4n) is 3.04. The zero-order chi connectivity index (χ0) is 15.5. The molecule has 0 spiro atoms.